The lowest BCUT2D eigenvalue weighted by Crippen LogP contribution is -2.29. The molecule has 102 valence electrons. The molecule has 0 fully saturated rings. The predicted molar refractivity (Wildman–Crippen MR) is 71.1 cm³/mol. The number of carbonyl (C=O) groups excluding carboxylic acids is 1. The van der Waals surface area contributed by atoms with Crippen LogP contribution < -0.4 is 15.8 Å². The van der Waals surface area contributed by atoms with Crippen molar-refractivity contribution in [3.8, 4) is 18.1 Å². The molecule has 0 heterocycles. The first kappa shape index (κ1) is 15.0. The summed E-state index contributed by atoms with van der Waals surface area (Å²) in [5, 5.41) is 2.44. The first-order valence-corrected chi connectivity index (χ1v) is 5.90. The number of nitrogens with one attached hydrogen (secondary N) is 1. The zero-order chi connectivity index (χ0) is 14.3. The zero-order valence-electron chi connectivity index (χ0n) is 10.8. The third-order valence-corrected chi connectivity index (χ3v) is 2.33. The fourth-order valence-corrected chi connectivity index (χ4v) is 1.56. The average molecular weight is 264 g/mol. The molecule has 4 nitrogen and oxygen atoms in total. The lowest BCUT2D eigenvalue weighted by Gasteiger charge is -2.13. The molecule has 1 amide bonds. The number of hydrogen-bond acceptors (Lipinski definition) is 3. The van der Waals surface area contributed by atoms with Crippen LogP contribution in [0.4, 0.5) is 4.39 Å². The molecule has 0 aromatic heterocycles. The maximum absolute atomic E-state index is 13.7. The van der Waals surface area contributed by atoms with E-state index in [4.69, 9.17) is 16.9 Å². The topological polar surface area (TPSA) is 64.3 Å². The van der Waals surface area contributed by atoms with Gasteiger partial charge in [0.05, 0.1) is 6.54 Å². The van der Waals surface area contributed by atoms with Crippen molar-refractivity contribution in [2.75, 3.05) is 13.2 Å². The van der Waals surface area contributed by atoms with Crippen molar-refractivity contribution < 1.29 is 13.9 Å². The molecule has 0 spiro atoms. The van der Waals surface area contributed by atoms with Crippen LogP contribution in [0.3, 0.4) is 0 Å². The van der Waals surface area contributed by atoms with Gasteiger partial charge >= 0.3 is 0 Å². The summed E-state index contributed by atoms with van der Waals surface area (Å²) in [4.78, 5) is 11.3. The lowest BCUT2D eigenvalue weighted by molar-refractivity contribution is -0.122. The molecule has 0 saturated carbocycles. The molecule has 3 N–H and O–H groups in total. The van der Waals surface area contributed by atoms with E-state index in [0.29, 0.717) is 12.0 Å². The molecular formula is C14H17FN2O2. The molecule has 1 aromatic carbocycles. The van der Waals surface area contributed by atoms with Gasteiger partial charge in [-0.3, -0.25) is 4.79 Å². The van der Waals surface area contributed by atoms with Gasteiger partial charge in [0, 0.05) is 6.04 Å². The van der Waals surface area contributed by atoms with Gasteiger partial charge in [0.15, 0.2) is 18.2 Å². The maximum Gasteiger partial charge on any atom is 0.258 e. The quantitative estimate of drug-likeness (QED) is 0.748. The number of amides is 1. The number of para-hydroxylation sites is 1. The number of rotatable bonds is 6. The number of nitrogens with two attached hydrogens (primary N) is 1. The van der Waals surface area contributed by atoms with E-state index in [-0.39, 0.29) is 24.9 Å². The van der Waals surface area contributed by atoms with E-state index in [1.807, 2.05) is 6.92 Å². The van der Waals surface area contributed by atoms with Crippen LogP contribution in [0, 0.1) is 18.2 Å². The third-order valence-electron chi connectivity index (χ3n) is 2.33. The molecule has 0 radical (unpaired) electrons. The highest BCUT2D eigenvalue weighted by atomic mass is 19.1. The Morgan fingerprint density at radius 3 is 3.00 bits per heavy atom. The van der Waals surface area contributed by atoms with Crippen LogP contribution in [0.5, 0.6) is 5.75 Å². The van der Waals surface area contributed by atoms with E-state index >= 15 is 0 Å². The van der Waals surface area contributed by atoms with Crippen molar-refractivity contribution in [1.82, 2.24) is 5.32 Å². The third kappa shape index (κ3) is 4.98. The van der Waals surface area contributed by atoms with E-state index in [1.54, 1.807) is 12.1 Å². The number of carbonyl (C=O) groups is 1. The first-order chi connectivity index (χ1) is 9.04. The Hall–Kier alpha value is -2.06. The molecule has 1 aromatic rings. The van der Waals surface area contributed by atoms with Gasteiger partial charge in [-0.25, -0.2) is 4.39 Å². The van der Waals surface area contributed by atoms with Crippen LogP contribution in [0.15, 0.2) is 18.2 Å². The van der Waals surface area contributed by atoms with Crippen molar-refractivity contribution in [1.29, 1.82) is 0 Å². The molecule has 0 aliphatic heterocycles. The van der Waals surface area contributed by atoms with Crippen LogP contribution in [0.2, 0.25) is 0 Å². The Bertz CT molecular complexity index is 481. The fraction of sp³-hybridized carbons (Fsp3) is 0.357. The average Bonchev–Trinajstić information content (AvgIpc) is 2.35. The molecule has 0 aliphatic rings. The van der Waals surface area contributed by atoms with Crippen molar-refractivity contribution >= 4 is 5.91 Å². The molecule has 0 bridgehead atoms. The summed E-state index contributed by atoms with van der Waals surface area (Å²) in [6.07, 6.45) is 5.48. The zero-order valence-corrected chi connectivity index (χ0v) is 10.8. The summed E-state index contributed by atoms with van der Waals surface area (Å²) < 4.78 is 18.9. The highest BCUT2D eigenvalue weighted by molar-refractivity contribution is 5.77. The number of halogens is 1. The SMILES string of the molecule is C#CCNC(=O)COc1c(F)cccc1CC(C)N. The molecule has 1 unspecified atom stereocenters. The van der Waals surface area contributed by atoms with Gasteiger partial charge in [0.25, 0.3) is 5.91 Å². The van der Waals surface area contributed by atoms with Crippen molar-refractivity contribution in [2.24, 2.45) is 5.73 Å². The van der Waals surface area contributed by atoms with Crippen LogP contribution >= 0.6 is 0 Å². The van der Waals surface area contributed by atoms with Gasteiger partial charge in [0.1, 0.15) is 0 Å². The summed E-state index contributed by atoms with van der Waals surface area (Å²) in [6.45, 7) is 1.65. The second-order valence-electron chi connectivity index (χ2n) is 4.18. The summed E-state index contributed by atoms with van der Waals surface area (Å²) in [7, 11) is 0. The van der Waals surface area contributed by atoms with Gasteiger partial charge in [-0.1, -0.05) is 18.1 Å². The number of terminal acetylenes is 1. The van der Waals surface area contributed by atoms with Gasteiger partial charge < -0.3 is 15.8 Å². The van der Waals surface area contributed by atoms with E-state index in [2.05, 4.69) is 11.2 Å². The van der Waals surface area contributed by atoms with Crippen LogP contribution in [-0.4, -0.2) is 25.1 Å². The molecule has 1 rings (SSSR count). The van der Waals surface area contributed by atoms with Gasteiger partial charge in [0.2, 0.25) is 0 Å². The van der Waals surface area contributed by atoms with E-state index in [9.17, 15) is 9.18 Å². The normalized spacial score (nSPS) is 11.5. The standard InChI is InChI=1S/C14H17FN2O2/c1-3-7-17-13(18)9-19-14-11(8-10(2)16)5-4-6-12(14)15/h1,4-6,10H,7-9,16H2,2H3,(H,17,18). The second kappa shape index (κ2) is 7.39. The van der Waals surface area contributed by atoms with Crippen molar-refractivity contribution in [2.45, 2.75) is 19.4 Å². The van der Waals surface area contributed by atoms with Crippen molar-refractivity contribution in [3.63, 3.8) is 0 Å². The number of ether oxygens (including phenoxy) is 1. The number of hydrogen-bond donors (Lipinski definition) is 2. The van der Waals surface area contributed by atoms with Crippen LogP contribution in [0.25, 0.3) is 0 Å². The Balaban J connectivity index is 2.71. The van der Waals surface area contributed by atoms with Gasteiger partial charge in [-0.15, -0.1) is 6.42 Å². The Labute approximate surface area is 112 Å². The minimum Gasteiger partial charge on any atom is -0.480 e. The van der Waals surface area contributed by atoms with E-state index < -0.39 is 11.7 Å². The van der Waals surface area contributed by atoms with Gasteiger partial charge in [-0.2, -0.15) is 0 Å². The van der Waals surface area contributed by atoms with Gasteiger partial charge in [-0.05, 0) is 25.0 Å². The fourth-order valence-electron chi connectivity index (χ4n) is 1.56. The van der Waals surface area contributed by atoms with E-state index in [0.717, 1.165) is 0 Å². The Morgan fingerprint density at radius 2 is 2.37 bits per heavy atom. The Morgan fingerprint density at radius 1 is 1.63 bits per heavy atom. The molecular weight excluding hydrogens is 247 g/mol. The lowest BCUT2D eigenvalue weighted by atomic mass is 10.1. The summed E-state index contributed by atoms with van der Waals surface area (Å²) in [5.74, 6) is 1.43. The molecule has 0 aliphatic carbocycles. The smallest absolute Gasteiger partial charge is 0.258 e. The summed E-state index contributed by atoms with van der Waals surface area (Å²) in [6, 6.07) is 4.46. The minimum atomic E-state index is -0.511. The largest absolute Gasteiger partial charge is 0.480 e. The molecule has 0 saturated heterocycles. The molecule has 19 heavy (non-hydrogen) atoms. The van der Waals surface area contributed by atoms with Crippen molar-refractivity contribution in [3.05, 3.63) is 29.6 Å². The summed E-state index contributed by atoms with van der Waals surface area (Å²) >= 11 is 0. The highest BCUT2D eigenvalue weighted by Crippen LogP contribution is 2.23. The second-order valence-corrected chi connectivity index (χ2v) is 4.18. The minimum absolute atomic E-state index is 0.0654. The molecule has 1 atom stereocenters. The highest BCUT2D eigenvalue weighted by Gasteiger charge is 2.12. The molecule has 5 heteroatoms. The van der Waals surface area contributed by atoms with Crippen LogP contribution in [-0.2, 0) is 11.2 Å². The maximum atomic E-state index is 13.7. The Kier molecular flexibility index (Phi) is 5.83. The first-order valence-electron chi connectivity index (χ1n) is 5.90. The van der Waals surface area contributed by atoms with Crippen LogP contribution in [0.1, 0.15) is 12.5 Å². The monoisotopic (exact) mass is 264 g/mol. The summed E-state index contributed by atoms with van der Waals surface area (Å²) in [5.41, 5.74) is 6.32. The van der Waals surface area contributed by atoms with E-state index in [1.165, 1.54) is 6.07 Å². The predicted octanol–water partition coefficient (Wildman–Crippen LogP) is 0.844. The number of benzene rings is 1.